The molecule has 2 fully saturated rings. The molecule has 2 rings (SSSR count). The highest BCUT2D eigenvalue weighted by Crippen LogP contribution is 2.22. The molecule has 2 heterocycles. The third-order valence-corrected chi connectivity index (χ3v) is 4.99. The average Bonchev–Trinajstić information content (AvgIpc) is 2.46. The molecule has 0 aromatic carbocycles. The van der Waals surface area contributed by atoms with Crippen LogP contribution in [0.1, 0.15) is 32.6 Å². The van der Waals surface area contributed by atoms with Gasteiger partial charge >= 0.3 is 0 Å². The lowest BCUT2D eigenvalue weighted by Crippen LogP contribution is -2.46. The van der Waals surface area contributed by atoms with Crippen LogP contribution in [0.4, 0.5) is 0 Å². The molecule has 0 unspecified atom stereocenters. The summed E-state index contributed by atoms with van der Waals surface area (Å²) in [7, 11) is 0. The van der Waals surface area contributed by atoms with Gasteiger partial charge < -0.3 is 15.3 Å². The fourth-order valence-corrected chi connectivity index (χ4v) is 3.85. The summed E-state index contributed by atoms with van der Waals surface area (Å²) in [6.07, 6.45) is 4.24. The Morgan fingerprint density at radius 2 is 1.90 bits per heavy atom. The molecule has 0 aliphatic carbocycles. The van der Waals surface area contributed by atoms with Gasteiger partial charge in [-0.05, 0) is 50.0 Å². The van der Waals surface area contributed by atoms with E-state index in [1.807, 2.05) is 0 Å². The van der Waals surface area contributed by atoms with Crippen LogP contribution in [0.25, 0.3) is 0 Å². The van der Waals surface area contributed by atoms with Crippen molar-refractivity contribution in [2.24, 2.45) is 10.9 Å². The van der Waals surface area contributed by atoms with Gasteiger partial charge in [-0.3, -0.25) is 4.99 Å². The molecule has 0 amide bonds. The molecule has 0 saturated carbocycles. The van der Waals surface area contributed by atoms with E-state index in [0.717, 1.165) is 50.9 Å². The van der Waals surface area contributed by atoms with Crippen LogP contribution in [-0.2, 0) is 0 Å². The van der Waals surface area contributed by atoms with Crippen LogP contribution in [0.5, 0.6) is 0 Å². The fourth-order valence-electron chi connectivity index (χ4n) is 2.65. The Morgan fingerprint density at radius 3 is 2.50 bits per heavy atom. The molecule has 0 bridgehead atoms. The Kier molecular flexibility index (Phi) is 9.28. The number of likely N-dealkylation sites (tertiary alicyclic amines) is 1. The highest BCUT2D eigenvalue weighted by Gasteiger charge is 2.20. The van der Waals surface area contributed by atoms with Crippen LogP contribution >= 0.6 is 35.7 Å². The summed E-state index contributed by atoms with van der Waals surface area (Å²) in [6.45, 7) is 5.84. The fraction of sp³-hybridized carbons (Fsp3) is 0.929. The molecule has 2 aliphatic rings. The van der Waals surface area contributed by atoms with E-state index in [4.69, 9.17) is 4.99 Å². The zero-order valence-corrected chi connectivity index (χ0v) is 15.5. The topological polar surface area (TPSA) is 47.9 Å². The number of thioether (sulfide) groups is 1. The van der Waals surface area contributed by atoms with Crippen molar-refractivity contribution >= 4 is 41.7 Å². The van der Waals surface area contributed by atoms with Crippen molar-refractivity contribution in [3.05, 3.63) is 0 Å². The molecule has 4 nitrogen and oxygen atoms in total. The smallest absolute Gasteiger partial charge is 0.193 e. The number of hydrogen-bond donors (Lipinski definition) is 2. The quantitative estimate of drug-likeness (QED) is 0.423. The summed E-state index contributed by atoms with van der Waals surface area (Å²) in [4.78, 5) is 7.13. The second-order valence-corrected chi connectivity index (χ2v) is 6.69. The molecule has 2 N–H and O–H groups in total. The highest BCUT2D eigenvalue weighted by atomic mass is 127. The first kappa shape index (κ1) is 18.4. The number of piperidine rings is 1. The van der Waals surface area contributed by atoms with Crippen molar-refractivity contribution in [1.29, 1.82) is 0 Å². The lowest BCUT2D eigenvalue weighted by atomic mass is 10.0. The van der Waals surface area contributed by atoms with Crippen molar-refractivity contribution in [3.8, 4) is 0 Å². The first-order valence-electron chi connectivity index (χ1n) is 7.58. The lowest BCUT2D eigenvalue weighted by molar-refractivity contribution is 0.108. The number of guanidine groups is 1. The number of aliphatic hydroxyl groups is 1. The molecular formula is C14H28IN3OS. The van der Waals surface area contributed by atoms with Crippen LogP contribution < -0.4 is 5.32 Å². The van der Waals surface area contributed by atoms with Gasteiger partial charge in [0, 0.05) is 26.2 Å². The summed E-state index contributed by atoms with van der Waals surface area (Å²) in [5.74, 6) is 4.41. The number of nitrogens with one attached hydrogen (secondary N) is 1. The van der Waals surface area contributed by atoms with Crippen molar-refractivity contribution < 1.29 is 5.11 Å². The van der Waals surface area contributed by atoms with E-state index < -0.39 is 0 Å². The van der Waals surface area contributed by atoms with E-state index in [0.29, 0.717) is 0 Å². The van der Waals surface area contributed by atoms with Gasteiger partial charge in [0.1, 0.15) is 0 Å². The maximum Gasteiger partial charge on any atom is 0.193 e. The molecule has 2 aliphatic heterocycles. The average molecular weight is 413 g/mol. The van der Waals surface area contributed by atoms with E-state index in [-0.39, 0.29) is 30.1 Å². The molecular weight excluding hydrogens is 385 g/mol. The SMILES string of the molecule is CCNC(=NCC1CCSCC1)N1CCC(O)CC1.I. The highest BCUT2D eigenvalue weighted by molar-refractivity contribution is 14.0. The van der Waals surface area contributed by atoms with Crippen LogP contribution in [-0.4, -0.2) is 59.8 Å². The monoisotopic (exact) mass is 413 g/mol. The summed E-state index contributed by atoms with van der Waals surface area (Å²) in [5.41, 5.74) is 0. The molecule has 118 valence electrons. The minimum absolute atomic E-state index is 0. The van der Waals surface area contributed by atoms with Crippen LogP contribution in [0.15, 0.2) is 4.99 Å². The van der Waals surface area contributed by atoms with E-state index in [1.165, 1.54) is 24.3 Å². The molecule has 0 spiro atoms. The van der Waals surface area contributed by atoms with Crippen molar-refractivity contribution in [3.63, 3.8) is 0 Å². The van der Waals surface area contributed by atoms with Crippen molar-refractivity contribution in [1.82, 2.24) is 10.2 Å². The third kappa shape index (κ3) is 5.97. The zero-order valence-electron chi connectivity index (χ0n) is 12.4. The molecule has 2 saturated heterocycles. The standard InChI is InChI=1S/C14H27N3OS.HI/c1-2-15-14(17-7-3-13(18)4-8-17)16-11-12-5-9-19-10-6-12;/h12-13,18H,2-11H2,1H3,(H,15,16);1H. The maximum absolute atomic E-state index is 9.58. The van der Waals surface area contributed by atoms with E-state index in [1.54, 1.807) is 0 Å². The van der Waals surface area contributed by atoms with Gasteiger partial charge in [0.05, 0.1) is 6.10 Å². The minimum atomic E-state index is -0.116. The minimum Gasteiger partial charge on any atom is -0.393 e. The Bertz CT molecular complexity index is 290. The molecule has 0 aromatic heterocycles. The summed E-state index contributed by atoms with van der Waals surface area (Å²) in [6, 6.07) is 0. The number of hydrogen-bond acceptors (Lipinski definition) is 3. The summed E-state index contributed by atoms with van der Waals surface area (Å²) in [5, 5.41) is 13.0. The van der Waals surface area contributed by atoms with Crippen LogP contribution in [0, 0.1) is 5.92 Å². The lowest BCUT2D eigenvalue weighted by Gasteiger charge is -2.32. The van der Waals surface area contributed by atoms with Gasteiger partial charge in [0.2, 0.25) is 0 Å². The van der Waals surface area contributed by atoms with Crippen molar-refractivity contribution in [2.75, 3.05) is 37.7 Å². The Labute approximate surface area is 144 Å². The summed E-state index contributed by atoms with van der Waals surface area (Å²) < 4.78 is 0. The predicted molar refractivity (Wildman–Crippen MR) is 98.3 cm³/mol. The number of aliphatic hydroxyl groups excluding tert-OH is 1. The third-order valence-electron chi connectivity index (χ3n) is 3.94. The first-order valence-corrected chi connectivity index (χ1v) is 8.74. The molecule has 6 heteroatoms. The van der Waals surface area contributed by atoms with E-state index in [2.05, 4.69) is 28.9 Å². The number of nitrogens with zero attached hydrogens (tertiary/aromatic N) is 2. The Hall–Kier alpha value is 0.310. The van der Waals surface area contributed by atoms with Crippen LogP contribution in [0.2, 0.25) is 0 Å². The second-order valence-electron chi connectivity index (χ2n) is 5.47. The van der Waals surface area contributed by atoms with Gasteiger partial charge in [-0.15, -0.1) is 24.0 Å². The number of aliphatic imine (C=N–C) groups is 1. The van der Waals surface area contributed by atoms with Crippen LogP contribution in [0.3, 0.4) is 0 Å². The molecule has 0 aromatic rings. The Balaban J connectivity index is 0.00000200. The van der Waals surface area contributed by atoms with Gasteiger partial charge in [0.15, 0.2) is 5.96 Å². The number of rotatable bonds is 3. The van der Waals surface area contributed by atoms with Gasteiger partial charge in [-0.25, -0.2) is 0 Å². The van der Waals surface area contributed by atoms with Gasteiger partial charge in [-0.2, -0.15) is 11.8 Å². The maximum atomic E-state index is 9.58. The second kappa shape index (κ2) is 10.1. The normalized spacial score (nSPS) is 22.5. The van der Waals surface area contributed by atoms with Gasteiger partial charge in [0.25, 0.3) is 0 Å². The van der Waals surface area contributed by atoms with E-state index in [9.17, 15) is 5.11 Å². The first-order chi connectivity index (χ1) is 9.29. The van der Waals surface area contributed by atoms with E-state index >= 15 is 0 Å². The predicted octanol–water partition coefficient (Wildman–Crippen LogP) is 2.17. The largest absolute Gasteiger partial charge is 0.393 e. The summed E-state index contributed by atoms with van der Waals surface area (Å²) >= 11 is 2.07. The molecule has 0 atom stereocenters. The van der Waals surface area contributed by atoms with Crippen molar-refractivity contribution in [2.45, 2.75) is 38.7 Å². The number of halogens is 1. The van der Waals surface area contributed by atoms with Gasteiger partial charge in [-0.1, -0.05) is 0 Å². The Morgan fingerprint density at radius 1 is 1.25 bits per heavy atom. The molecule has 0 radical (unpaired) electrons. The molecule has 20 heavy (non-hydrogen) atoms. The zero-order chi connectivity index (χ0) is 13.5.